The molecule has 1 aromatic carbocycles. The fourth-order valence-corrected chi connectivity index (χ4v) is 2.58. The monoisotopic (exact) mass is 316 g/mol. The zero-order chi connectivity index (χ0) is 13.4. The Labute approximate surface area is 119 Å². The number of hydrogen-bond acceptors (Lipinski definition) is 2. The molecule has 0 spiro atoms. The van der Waals surface area contributed by atoms with E-state index in [-0.39, 0.29) is 0 Å². The SMILES string of the molecule is CC(O)c1c(-c2ccccc2)nc2ccc(Br)cn12. The second kappa shape index (κ2) is 4.79. The third-order valence-electron chi connectivity index (χ3n) is 3.06. The van der Waals surface area contributed by atoms with Crippen LogP contribution in [0.3, 0.4) is 0 Å². The third kappa shape index (κ3) is 2.17. The molecule has 1 unspecified atom stereocenters. The Bertz CT molecular complexity index is 720. The summed E-state index contributed by atoms with van der Waals surface area (Å²) in [5.41, 5.74) is 3.48. The quantitative estimate of drug-likeness (QED) is 0.780. The molecule has 0 radical (unpaired) electrons. The molecule has 2 aromatic heterocycles. The number of benzene rings is 1. The van der Waals surface area contributed by atoms with Gasteiger partial charge in [0.2, 0.25) is 0 Å². The minimum absolute atomic E-state index is 0.584. The molecule has 3 nitrogen and oxygen atoms in total. The maximum absolute atomic E-state index is 10.1. The van der Waals surface area contributed by atoms with Crippen LogP contribution in [0, 0.1) is 0 Å². The Kier molecular flexibility index (Phi) is 3.12. The van der Waals surface area contributed by atoms with Gasteiger partial charge in [0.1, 0.15) is 5.65 Å². The van der Waals surface area contributed by atoms with Crippen LogP contribution >= 0.6 is 15.9 Å². The largest absolute Gasteiger partial charge is 0.387 e. The van der Waals surface area contributed by atoms with E-state index in [0.29, 0.717) is 0 Å². The lowest BCUT2D eigenvalue weighted by molar-refractivity contribution is 0.194. The second-order valence-corrected chi connectivity index (χ2v) is 5.38. The molecule has 0 aliphatic carbocycles. The molecular weight excluding hydrogens is 304 g/mol. The van der Waals surface area contributed by atoms with E-state index in [4.69, 9.17) is 0 Å². The zero-order valence-corrected chi connectivity index (χ0v) is 12.0. The number of aliphatic hydroxyl groups is 1. The van der Waals surface area contributed by atoms with Gasteiger partial charge in [-0.25, -0.2) is 4.98 Å². The van der Waals surface area contributed by atoms with Crippen LogP contribution in [0.1, 0.15) is 18.7 Å². The van der Waals surface area contributed by atoms with Gasteiger partial charge in [-0.1, -0.05) is 30.3 Å². The van der Waals surface area contributed by atoms with Crippen molar-refractivity contribution in [1.29, 1.82) is 0 Å². The van der Waals surface area contributed by atoms with Crippen LogP contribution in [0.2, 0.25) is 0 Å². The summed E-state index contributed by atoms with van der Waals surface area (Å²) < 4.78 is 2.88. The molecule has 19 heavy (non-hydrogen) atoms. The Morgan fingerprint density at radius 1 is 1.16 bits per heavy atom. The minimum atomic E-state index is -0.584. The lowest BCUT2D eigenvalue weighted by atomic mass is 10.1. The topological polar surface area (TPSA) is 37.5 Å². The maximum Gasteiger partial charge on any atom is 0.137 e. The predicted molar refractivity (Wildman–Crippen MR) is 79.0 cm³/mol. The first-order valence-electron chi connectivity index (χ1n) is 6.08. The highest BCUT2D eigenvalue weighted by molar-refractivity contribution is 9.10. The first kappa shape index (κ1) is 12.4. The first-order valence-corrected chi connectivity index (χ1v) is 6.87. The van der Waals surface area contributed by atoms with E-state index in [1.54, 1.807) is 6.92 Å². The van der Waals surface area contributed by atoms with E-state index in [2.05, 4.69) is 20.9 Å². The van der Waals surface area contributed by atoms with Crippen molar-refractivity contribution in [2.24, 2.45) is 0 Å². The second-order valence-electron chi connectivity index (χ2n) is 4.46. The molecule has 0 bridgehead atoms. The number of aliphatic hydroxyl groups excluding tert-OH is 1. The average Bonchev–Trinajstić information content (AvgIpc) is 2.78. The number of rotatable bonds is 2. The van der Waals surface area contributed by atoms with Gasteiger partial charge in [-0.05, 0) is 35.0 Å². The molecule has 3 rings (SSSR count). The molecule has 0 amide bonds. The van der Waals surface area contributed by atoms with E-state index < -0.39 is 6.10 Å². The van der Waals surface area contributed by atoms with Crippen molar-refractivity contribution in [2.75, 3.05) is 0 Å². The van der Waals surface area contributed by atoms with Crippen LogP contribution in [0.15, 0.2) is 53.1 Å². The van der Waals surface area contributed by atoms with E-state index in [1.165, 1.54) is 0 Å². The molecule has 0 saturated carbocycles. The van der Waals surface area contributed by atoms with Crippen molar-refractivity contribution in [3.05, 3.63) is 58.8 Å². The smallest absolute Gasteiger partial charge is 0.137 e. The molecule has 0 saturated heterocycles. The van der Waals surface area contributed by atoms with Crippen LogP contribution in [0.25, 0.3) is 16.9 Å². The highest BCUT2D eigenvalue weighted by Gasteiger charge is 2.17. The standard InChI is InChI=1S/C15H13BrN2O/c1-10(19)15-14(11-5-3-2-4-6-11)17-13-8-7-12(16)9-18(13)15/h2-10,19H,1H3. The average molecular weight is 317 g/mol. The van der Waals surface area contributed by atoms with Gasteiger partial charge < -0.3 is 5.11 Å². The summed E-state index contributed by atoms with van der Waals surface area (Å²) in [5.74, 6) is 0. The molecule has 0 aliphatic rings. The van der Waals surface area contributed by atoms with Gasteiger partial charge in [0.05, 0.1) is 17.5 Å². The maximum atomic E-state index is 10.1. The third-order valence-corrected chi connectivity index (χ3v) is 3.53. The number of halogens is 1. The van der Waals surface area contributed by atoms with Crippen molar-refractivity contribution in [3.8, 4) is 11.3 Å². The summed E-state index contributed by atoms with van der Waals surface area (Å²) in [4.78, 5) is 4.63. The number of hydrogen-bond donors (Lipinski definition) is 1. The van der Waals surface area contributed by atoms with Crippen molar-refractivity contribution >= 4 is 21.6 Å². The van der Waals surface area contributed by atoms with Crippen LogP contribution in [-0.4, -0.2) is 14.5 Å². The Morgan fingerprint density at radius 3 is 2.58 bits per heavy atom. The lowest BCUT2D eigenvalue weighted by Crippen LogP contribution is -1.99. The fraction of sp³-hybridized carbons (Fsp3) is 0.133. The van der Waals surface area contributed by atoms with Crippen molar-refractivity contribution in [1.82, 2.24) is 9.38 Å². The first-order chi connectivity index (χ1) is 9.16. The van der Waals surface area contributed by atoms with E-state index >= 15 is 0 Å². The molecule has 4 heteroatoms. The van der Waals surface area contributed by atoms with Gasteiger partial charge in [-0.3, -0.25) is 4.40 Å². The van der Waals surface area contributed by atoms with Gasteiger partial charge in [0.25, 0.3) is 0 Å². The van der Waals surface area contributed by atoms with Crippen molar-refractivity contribution in [3.63, 3.8) is 0 Å². The van der Waals surface area contributed by atoms with Gasteiger partial charge in [0.15, 0.2) is 0 Å². The van der Waals surface area contributed by atoms with E-state index in [9.17, 15) is 5.11 Å². The normalized spacial score (nSPS) is 12.8. The Morgan fingerprint density at radius 2 is 1.89 bits per heavy atom. The number of fused-ring (bicyclic) bond motifs is 1. The van der Waals surface area contributed by atoms with Gasteiger partial charge in [-0.2, -0.15) is 0 Å². The number of imidazole rings is 1. The van der Waals surface area contributed by atoms with Gasteiger partial charge in [-0.15, -0.1) is 0 Å². The summed E-state index contributed by atoms with van der Waals surface area (Å²) in [7, 11) is 0. The highest BCUT2D eigenvalue weighted by atomic mass is 79.9. The summed E-state index contributed by atoms with van der Waals surface area (Å²) >= 11 is 3.45. The molecular formula is C15H13BrN2O. The summed E-state index contributed by atoms with van der Waals surface area (Å²) in [6.45, 7) is 1.76. The summed E-state index contributed by atoms with van der Waals surface area (Å²) in [6.07, 6.45) is 1.34. The molecule has 1 atom stereocenters. The Hall–Kier alpha value is -1.65. The zero-order valence-electron chi connectivity index (χ0n) is 10.4. The molecule has 2 heterocycles. The molecule has 96 valence electrons. The molecule has 0 fully saturated rings. The highest BCUT2D eigenvalue weighted by Crippen LogP contribution is 2.29. The van der Waals surface area contributed by atoms with Gasteiger partial charge >= 0.3 is 0 Å². The Balaban J connectivity index is 2.33. The fourth-order valence-electron chi connectivity index (χ4n) is 2.24. The van der Waals surface area contributed by atoms with E-state index in [0.717, 1.165) is 27.1 Å². The minimum Gasteiger partial charge on any atom is -0.387 e. The molecule has 0 aliphatic heterocycles. The number of pyridine rings is 1. The molecule has 3 aromatic rings. The lowest BCUT2D eigenvalue weighted by Gasteiger charge is -2.08. The summed E-state index contributed by atoms with van der Waals surface area (Å²) in [6, 6.07) is 13.8. The van der Waals surface area contributed by atoms with Crippen LogP contribution in [0.5, 0.6) is 0 Å². The van der Waals surface area contributed by atoms with E-state index in [1.807, 2.05) is 53.1 Å². The summed E-state index contributed by atoms with van der Waals surface area (Å²) in [5, 5.41) is 10.1. The van der Waals surface area contributed by atoms with Gasteiger partial charge in [0, 0.05) is 16.2 Å². The van der Waals surface area contributed by atoms with Crippen LogP contribution in [-0.2, 0) is 0 Å². The number of nitrogens with zero attached hydrogens (tertiary/aromatic N) is 2. The van der Waals surface area contributed by atoms with Crippen LogP contribution in [0.4, 0.5) is 0 Å². The van der Waals surface area contributed by atoms with Crippen molar-refractivity contribution < 1.29 is 5.11 Å². The predicted octanol–water partition coefficient (Wildman–Crippen LogP) is 3.82. The molecule has 1 N–H and O–H groups in total. The van der Waals surface area contributed by atoms with Crippen LogP contribution < -0.4 is 0 Å². The van der Waals surface area contributed by atoms with Crippen molar-refractivity contribution in [2.45, 2.75) is 13.0 Å². The number of aromatic nitrogens is 2.